The number of aryl methyl sites for hydroxylation is 1. The molecule has 194 valence electrons. The van der Waals surface area contributed by atoms with Crippen molar-refractivity contribution in [2.45, 2.75) is 32.2 Å². The summed E-state index contributed by atoms with van der Waals surface area (Å²) in [5.74, 6) is -0.975. The van der Waals surface area contributed by atoms with Gasteiger partial charge in [0.25, 0.3) is 5.91 Å². The molecule has 2 amide bonds. The Morgan fingerprint density at radius 2 is 1.51 bits per heavy atom. The molecule has 1 atom stereocenters. The number of sulfonamides is 1. The highest BCUT2D eigenvalue weighted by atomic mass is 32.2. The normalized spacial score (nSPS) is 16.2. The van der Waals surface area contributed by atoms with Crippen molar-refractivity contribution in [3.05, 3.63) is 102 Å². The van der Waals surface area contributed by atoms with Gasteiger partial charge in [0.1, 0.15) is 0 Å². The highest BCUT2D eigenvalue weighted by Crippen LogP contribution is 2.23. The maximum atomic E-state index is 13.1. The molecule has 7 nitrogen and oxygen atoms in total. The standard InChI is InChI=1S/C29H33N3O4S/c33-28(31-27-18-8-7-17-26(27)29(34)30-21-24-13-5-2-6-14-24)25-16-9-19-32(22-25)37(35,36)20-10-15-23-11-3-1-4-12-23/h1-8,11-14,17-18,25H,9-10,15-16,19-22H2,(H,30,34)(H,31,33)/t25-/m1/s1. The van der Waals surface area contributed by atoms with Crippen LogP contribution < -0.4 is 10.6 Å². The summed E-state index contributed by atoms with van der Waals surface area (Å²) in [7, 11) is -3.46. The molecule has 1 saturated heterocycles. The van der Waals surface area contributed by atoms with Crippen molar-refractivity contribution in [2.24, 2.45) is 5.92 Å². The molecule has 8 heteroatoms. The van der Waals surface area contributed by atoms with E-state index in [2.05, 4.69) is 10.6 Å². The van der Waals surface area contributed by atoms with Crippen LogP contribution in [0.3, 0.4) is 0 Å². The molecule has 0 spiro atoms. The number of piperidine rings is 1. The average molecular weight is 520 g/mol. The van der Waals surface area contributed by atoms with E-state index in [0.717, 1.165) is 11.1 Å². The smallest absolute Gasteiger partial charge is 0.253 e. The number of amides is 2. The van der Waals surface area contributed by atoms with Gasteiger partial charge in [0, 0.05) is 19.6 Å². The van der Waals surface area contributed by atoms with Crippen LogP contribution in [0.2, 0.25) is 0 Å². The van der Waals surface area contributed by atoms with E-state index in [1.807, 2.05) is 60.7 Å². The third-order valence-electron chi connectivity index (χ3n) is 6.58. The van der Waals surface area contributed by atoms with Crippen LogP contribution in [0.1, 0.15) is 40.7 Å². The highest BCUT2D eigenvalue weighted by molar-refractivity contribution is 7.89. The zero-order valence-corrected chi connectivity index (χ0v) is 21.6. The van der Waals surface area contributed by atoms with Gasteiger partial charge in [0.15, 0.2) is 0 Å². The Bertz CT molecular complexity index is 1300. The number of para-hydroxylation sites is 1. The van der Waals surface area contributed by atoms with E-state index in [-0.39, 0.29) is 24.1 Å². The summed E-state index contributed by atoms with van der Waals surface area (Å²) >= 11 is 0. The molecule has 2 N–H and O–H groups in total. The fraction of sp³-hybridized carbons (Fsp3) is 0.310. The second kappa shape index (κ2) is 12.7. The number of anilines is 1. The predicted octanol–water partition coefficient (Wildman–Crippen LogP) is 4.23. The van der Waals surface area contributed by atoms with Crippen LogP contribution in [0.4, 0.5) is 5.69 Å². The molecule has 0 saturated carbocycles. The van der Waals surface area contributed by atoms with Gasteiger partial charge < -0.3 is 10.6 Å². The minimum absolute atomic E-state index is 0.0562. The first kappa shape index (κ1) is 26.6. The Hall–Kier alpha value is -3.49. The number of hydrogen-bond acceptors (Lipinski definition) is 4. The number of carbonyl (C=O) groups excluding carboxylic acids is 2. The minimum atomic E-state index is -3.46. The molecule has 4 rings (SSSR count). The Morgan fingerprint density at radius 3 is 2.24 bits per heavy atom. The van der Waals surface area contributed by atoms with Crippen molar-refractivity contribution in [1.82, 2.24) is 9.62 Å². The topological polar surface area (TPSA) is 95.6 Å². The van der Waals surface area contributed by atoms with E-state index in [4.69, 9.17) is 0 Å². The van der Waals surface area contributed by atoms with Gasteiger partial charge in [-0.05, 0) is 48.9 Å². The second-order valence-electron chi connectivity index (χ2n) is 9.31. The monoisotopic (exact) mass is 519 g/mol. The Morgan fingerprint density at radius 1 is 0.865 bits per heavy atom. The number of rotatable bonds is 10. The average Bonchev–Trinajstić information content (AvgIpc) is 2.93. The number of benzene rings is 3. The van der Waals surface area contributed by atoms with Gasteiger partial charge in [-0.2, -0.15) is 0 Å². The lowest BCUT2D eigenvalue weighted by Crippen LogP contribution is -2.44. The van der Waals surface area contributed by atoms with E-state index in [9.17, 15) is 18.0 Å². The van der Waals surface area contributed by atoms with Crippen LogP contribution in [0, 0.1) is 5.92 Å². The van der Waals surface area contributed by atoms with Gasteiger partial charge in [-0.25, -0.2) is 12.7 Å². The van der Waals surface area contributed by atoms with Crippen LogP contribution in [0.5, 0.6) is 0 Å². The van der Waals surface area contributed by atoms with Crippen LogP contribution in [0.15, 0.2) is 84.9 Å². The van der Waals surface area contributed by atoms with Crippen molar-refractivity contribution in [1.29, 1.82) is 0 Å². The fourth-order valence-corrected chi connectivity index (χ4v) is 6.12. The Kier molecular flexibility index (Phi) is 9.09. The molecular formula is C29H33N3O4S. The maximum absolute atomic E-state index is 13.1. The van der Waals surface area contributed by atoms with Crippen molar-refractivity contribution in [3.8, 4) is 0 Å². The molecule has 1 aliphatic rings. The molecule has 0 aliphatic carbocycles. The van der Waals surface area contributed by atoms with Crippen LogP contribution in [0.25, 0.3) is 0 Å². The Labute approximate surface area is 218 Å². The molecule has 1 fully saturated rings. The third kappa shape index (κ3) is 7.50. The second-order valence-corrected chi connectivity index (χ2v) is 11.4. The van der Waals surface area contributed by atoms with Crippen LogP contribution in [-0.2, 0) is 27.8 Å². The fourth-order valence-electron chi connectivity index (χ4n) is 4.54. The predicted molar refractivity (Wildman–Crippen MR) is 146 cm³/mol. The largest absolute Gasteiger partial charge is 0.348 e. The molecule has 3 aromatic rings. The first-order chi connectivity index (χ1) is 17.9. The van der Waals surface area contributed by atoms with Gasteiger partial charge in [0.2, 0.25) is 15.9 Å². The van der Waals surface area contributed by atoms with Crippen molar-refractivity contribution in [3.63, 3.8) is 0 Å². The summed E-state index contributed by atoms with van der Waals surface area (Å²) in [4.78, 5) is 26.0. The summed E-state index contributed by atoms with van der Waals surface area (Å²) in [6, 6.07) is 26.3. The number of nitrogens with one attached hydrogen (secondary N) is 2. The van der Waals surface area contributed by atoms with E-state index in [1.54, 1.807) is 24.3 Å². The van der Waals surface area contributed by atoms with Gasteiger partial charge >= 0.3 is 0 Å². The summed E-state index contributed by atoms with van der Waals surface area (Å²) in [6.45, 7) is 0.958. The third-order valence-corrected chi connectivity index (χ3v) is 8.51. The summed E-state index contributed by atoms with van der Waals surface area (Å²) in [6.07, 6.45) is 2.45. The van der Waals surface area contributed by atoms with E-state index in [1.165, 1.54) is 4.31 Å². The summed E-state index contributed by atoms with van der Waals surface area (Å²) < 4.78 is 27.4. The highest BCUT2D eigenvalue weighted by Gasteiger charge is 2.32. The molecular weight excluding hydrogens is 486 g/mol. The molecule has 0 unspecified atom stereocenters. The molecule has 0 aromatic heterocycles. The molecule has 3 aromatic carbocycles. The lowest BCUT2D eigenvalue weighted by Gasteiger charge is -2.31. The van der Waals surface area contributed by atoms with E-state index < -0.39 is 15.9 Å². The lowest BCUT2D eigenvalue weighted by atomic mass is 9.98. The Balaban J connectivity index is 1.34. The van der Waals surface area contributed by atoms with Gasteiger partial charge in [-0.3, -0.25) is 9.59 Å². The molecule has 0 radical (unpaired) electrons. The molecule has 1 heterocycles. The van der Waals surface area contributed by atoms with Crippen molar-refractivity contribution < 1.29 is 18.0 Å². The lowest BCUT2D eigenvalue weighted by molar-refractivity contribution is -0.120. The van der Waals surface area contributed by atoms with Gasteiger partial charge in [0.05, 0.1) is 22.9 Å². The zero-order chi connectivity index (χ0) is 26.1. The summed E-state index contributed by atoms with van der Waals surface area (Å²) in [5, 5.41) is 5.76. The minimum Gasteiger partial charge on any atom is -0.348 e. The van der Waals surface area contributed by atoms with Gasteiger partial charge in [-0.1, -0.05) is 72.8 Å². The SMILES string of the molecule is O=C(NCc1ccccc1)c1ccccc1NC(=O)[C@@H]1CCCN(S(=O)(=O)CCCc2ccccc2)C1. The van der Waals surface area contributed by atoms with Crippen LogP contribution in [-0.4, -0.2) is 43.4 Å². The molecule has 1 aliphatic heterocycles. The number of hydrogen-bond donors (Lipinski definition) is 2. The van der Waals surface area contributed by atoms with Crippen LogP contribution >= 0.6 is 0 Å². The quantitative estimate of drug-likeness (QED) is 0.419. The summed E-state index contributed by atoms with van der Waals surface area (Å²) in [5.41, 5.74) is 2.87. The number of carbonyl (C=O) groups is 2. The number of nitrogens with zero attached hydrogens (tertiary/aromatic N) is 1. The first-order valence-electron chi connectivity index (χ1n) is 12.7. The maximum Gasteiger partial charge on any atom is 0.253 e. The molecule has 37 heavy (non-hydrogen) atoms. The van der Waals surface area contributed by atoms with Gasteiger partial charge in [-0.15, -0.1) is 0 Å². The van der Waals surface area contributed by atoms with Crippen molar-refractivity contribution >= 4 is 27.5 Å². The zero-order valence-electron chi connectivity index (χ0n) is 20.8. The molecule has 0 bridgehead atoms. The first-order valence-corrected chi connectivity index (χ1v) is 14.3. The van der Waals surface area contributed by atoms with Crippen molar-refractivity contribution in [2.75, 3.05) is 24.2 Å². The van der Waals surface area contributed by atoms with E-state index >= 15 is 0 Å². The van der Waals surface area contributed by atoms with E-state index in [0.29, 0.717) is 50.0 Å².